The van der Waals surface area contributed by atoms with Crippen LogP contribution in [0.1, 0.15) is 0 Å². The van der Waals surface area contributed by atoms with Crippen LogP contribution in [0, 0.1) is 0 Å². The Morgan fingerprint density at radius 1 is 0.365 bits per heavy atom. The summed E-state index contributed by atoms with van der Waals surface area (Å²) >= 11 is 0. The lowest BCUT2D eigenvalue weighted by Gasteiger charge is -2.16. The van der Waals surface area contributed by atoms with Gasteiger partial charge in [-0.2, -0.15) is 0 Å². The number of hydrogen-bond acceptors (Lipinski definition) is 4. The lowest BCUT2D eigenvalue weighted by atomic mass is 10.0. The Balaban J connectivity index is 1.11. The maximum Gasteiger partial charge on any atom is 0.161 e. The van der Waals surface area contributed by atoms with Crippen molar-refractivity contribution in [3.05, 3.63) is 213 Å². The van der Waals surface area contributed by atoms with Crippen LogP contribution in [0.4, 0.5) is 0 Å². The fraction of sp³-hybridized carbons (Fsp3) is 0. The Hall–Kier alpha value is -8.61. The Labute approximate surface area is 361 Å². The fourth-order valence-electron chi connectivity index (χ4n) is 9.59. The third kappa shape index (κ3) is 5.62. The number of fused-ring (bicyclic) bond motifs is 9. The molecule has 63 heavy (non-hydrogen) atoms. The van der Waals surface area contributed by atoms with Gasteiger partial charge in [-0.05, 0) is 77.9 Å². The summed E-state index contributed by atoms with van der Waals surface area (Å²) in [5.41, 5.74) is 14.9. The summed E-state index contributed by atoms with van der Waals surface area (Å²) in [4.78, 5) is 15.2. The molecule has 5 heterocycles. The number of pyridine rings is 1. The summed E-state index contributed by atoms with van der Waals surface area (Å²) in [5, 5.41) is 6.85. The van der Waals surface area contributed by atoms with Gasteiger partial charge >= 0.3 is 0 Å². The highest BCUT2D eigenvalue weighted by molar-refractivity contribution is 6.13. The van der Waals surface area contributed by atoms with E-state index in [0.29, 0.717) is 5.82 Å². The second kappa shape index (κ2) is 14.0. The van der Waals surface area contributed by atoms with Crippen LogP contribution in [0.3, 0.4) is 0 Å². The molecule has 294 valence electrons. The molecule has 5 aromatic heterocycles. The first-order chi connectivity index (χ1) is 31.2. The van der Waals surface area contributed by atoms with Gasteiger partial charge in [0.2, 0.25) is 0 Å². The van der Waals surface area contributed by atoms with Crippen molar-refractivity contribution in [1.82, 2.24) is 24.1 Å². The summed E-state index contributed by atoms with van der Waals surface area (Å²) in [5.74, 6) is 0.622. The molecule has 6 nitrogen and oxygen atoms in total. The maximum absolute atomic E-state index is 6.39. The average molecular weight is 806 g/mol. The largest absolute Gasteiger partial charge is 0.456 e. The first-order valence-corrected chi connectivity index (χ1v) is 21.2. The van der Waals surface area contributed by atoms with Crippen LogP contribution in [0.15, 0.2) is 217 Å². The number of benzene rings is 8. The second-order valence-corrected chi connectivity index (χ2v) is 16.0. The van der Waals surface area contributed by atoms with Gasteiger partial charge in [0.05, 0.1) is 33.5 Å². The Bertz CT molecular complexity index is 3680. The normalized spacial score (nSPS) is 11.8. The highest BCUT2D eigenvalue weighted by atomic mass is 16.3. The lowest BCUT2D eigenvalue weighted by molar-refractivity contribution is 0.669. The third-order valence-electron chi connectivity index (χ3n) is 12.4. The predicted octanol–water partition coefficient (Wildman–Crippen LogP) is 14.6. The van der Waals surface area contributed by atoms with Crippen LogP contribution >= 0.6 is 0 Å². The Morgan fingerprint density at radius 3 is 1.44 bits per heavy atom. The molecule has 0 aliphatic carbocycles. The average Bonchev–Trinajstić information content (AvgIpc) is 4.02. The molecule has 0 spiro atoms. The first kappa shape index (κ1) is 35.2. The molecule has 13 aromatic rings. The van der Waals surface area contributed by atoms with Crippen LogP contribution in [0.5, 0.6) is 0 Å². The molecule has 6 heteroatoms. The topological polar surface area (TPSA) is 61.7 Å². The minimum Gasteiger partial charge on any atom is -0.456 e. The standard InChI is InChI=1S/C57H35N5O/c1-6-20-50-42(14-1)43-15-2-7-21-51(43)61(50)40-31-39(32-41(33-40)62-52-22-8-3-16-44(52)45-17-4-9-23-53(45)62)49-34-48(37-28-26-36(27-29-37)38-13-12-30-58-35-38)59-57(60-49)47-19-11-25-55-56(47)46-18-5-10-24-54(46)63-55/h1-35H. The molecule has 0 unspecified atom stereocenters. The van der Waals surface area contributed by atoms with Crippen molar-refractivity contribution >= 4 is 65.6 Å². The molecule has 0 saturated carbocycles. The molecule has 0 amide bonds. The molecule has 0 saturated heterocycles. The lowest BCUT2D eigenvalue weighted by Crippen LogP contribution is -2.02. The van der Waals surface area contributed by atoms with Crippen molar-refractivity contribution in [2.24, 2.45) is 0 Å². The number of hydrogen-bond donors (Lipinski definition) is 0. The van der Waals surface area contributed by atoms with Crippen LogP contribution in [-0.4, -0.2) is 24.1 Å². The van der Waals surface area contributed by atoms with Crippen LogP contribution in [0.2, 0.25) is 0 Å². The molecule has 0 fully saturated rings. The van der Waals surface area contributed by atoms with Crippen molar-refractivity contribution in [1.29, 1.82) is 0 Å². The second-order valence-electron chi connectivity index (χ2n) is 16.0. The number of rotatable bonds is 6. The van der Waals surface area contributed by atoms with E-state index in [0.717, 1.165) is 94.6 Å². The van der Waals surface area contributed by atoms with Gasteiger partial charge < -0.3 is 13.6 Å². The van der Waals surface area contributed by atoms with E-state index in [2.05, 4.69) is 184 Å². The van der Waals surface area contributed by atoms with Gasteiger partial charge in [0.25, 0.3) is 0 Å². The van der Waals surface area contributed by atoms with Crippen molar-refractivity contribution in [3.63, 3.8) is 0 Å². The summed E-state index contributed by atoms with van der Waals surface area (Å²) in [7, 11) is 0. The number of aromatic nitrogens is 5. The quantitative estimate of drug-likeness (QED) is 0.168. The molecule has 0 aliphatic heterocycles. The molecule has 0 N–H and O–H groups in total. The van der Waals surface area contributed by atoms with E-state index in [-0.39, 0.29) is 0 Å². The monoisotopic (exact) mass is 805 g/mol. The highest BCUT2D eigenvalue weighted by Gasteiger charge is 2.21. The predicted molar refractivity (Wildman–Crippen MR) is 258 cm³/mol. The summed E-state index contributed by atoms with van der Waals surface area (Å²) in [6, 6.07) is 70.7. The van der Waals surface area contributed by atoms with E-state index in [1.54, 1.807) is 6.20 Å². The van der Waals surface area contributed by atoms with Gasteiger partial charge in [-0.25, -0.2) is 9.97 Å². The van der Waals surface area contributed by atoms with Crippen molar-refractivity contribution in [2.75, 3.05) is 0 Å². The van der Waals surface area contributed by atoms with Gasteiger partial charge in [-0.3, -0.25) is 4.98 Å². The van der Waals surface area contributed by atoms with Gasteiger partial charge in [0.1, 0.15) is 11.2 Å². The Kier molecular flexibility index (Phi) is 7.80. The van der Waals surface area contributed by atoms with E-state index in [1.807, 2.05) is 36.5 Å². The molecule has 0 atom stereocenters. The van der Waals surface area contributed by atoms with E-state index < -0.39 is 0 Å². The summed E-state index contributed by atoms with van der Waals surface area (Å²) in [6.07, 6.45) is 3.69. The zero-order valence-electron chi connectivity index (χ0n) is 33.9. The van der Waals surface area contributed by atoms with Crippen molar-refractivity contribution in [3.8, 4) is 56.4 Å². The molecule has 0 aliphatic rings. The first-order valence-electron chi connectivity index (χ1n) is 21.2. The van der Waals surface area contributed by atoms with Gasteiger partial charge in [-0.1, -0.05) is 133 Å². The minimum absolute atomic E-state index is 0.622. The smallest absolute Gasteiger partial charge is 0.161 e. The number of nitrogens with zero attached hydrogens (tertiary/aromatic N) is 5. The molecule has 8 aromatic carbocycles. The zero-order chi connectivity index (χ0) is 41.4. The van der Waals surface area contributed by atoms with Crippen molar-refractivity contribution in [2.45, 2.75) is 0 Å². The van der Waals surface area contributed by atoms with Gasteiger partial charge in [-0.15, -0.1) is 0 Å². The van der Waals surface area contributed by atoms with E-state index in [4.69, 9.17) is 14.4 Å². The summed E-state index contributed by atoms with van der Waals surface area (Å²) in [6.45, 7) is 0. The maximum atomic E-state index is 6.39. The van der Waals surface area contributed by atoms with E-state index >= 15 is 0 Å². The molecule has 0 radical (unpaired) electrons. The number of furan rings is 1. The van der Waals surface area contributed by atoms with Gasteiger partial charge in [0, 0.05) is 72.8 Å². The zero-order valence-corrected chi connectivity index (χ0v) is 33.9. The van der Waals surface area contributed by atoms with Crippen LogP contribution < -0.4 is 0 Å². The minimum atomic E-state index is 0.622. The molecule has 13 rings (SSSR count). The van der Waals surface area contributed by atoms with E-state index in [9.17, 15) is 0 Å². The fourth-order valence-corrected chi connectivity index (χ4v) is 9.59. The number of para-hydroxylation sites is 5. The van der Waals surface area contributed by atoms with E-state index in [1.165, 1.54) is 21.5 Å². The summed E-state index contributed by atoms with van der Waals surface area (Å²) < 4.78 is 11.2. The van der Waals surface area contributed by atoms with Crippen LogP contribution in [0.25, 0.3) is 122 Å². The molecular weight excluding hydrogens is 771 g/mol. The van der Waals surface area contributed by atoms with Crippen molar-refractivity contribution < 1.29 is 4.42 Å². The van der Waals surface area contributed by atoms with Gasteiger partial charge in [0.15, 0.2) is 5.82 Å². The molecular formula is C57H35N5O. The third-order valence-corrected chi connectivity index (χ3v) is 12.4. The highest BCUT2D eigenvalue weighted by Crippen LogP contribution is 2.40. The van der Waals surface area contributed by atoms with Crippen LogP contribution in [-0.2, 0) is 0 Å². The molecule has 0 bridgehead atoms. The Morgan fingerprint density at radius 2 is 0.873 bits per heavy atom. The SMILES string of the molecule is c1cncc(-c2ccc(-c3cc(-c4cc(-n5c6ccccc6c6ccccc65)cc(-n5c6ccccc6c6ccccc65)c4)nc(-c4cccc5oc6ccccc6c45)n3)cc2)c1.